The summed E-state index contributed by atoms with van der Waals surface area (Å²) in [7, 11) is 1.66. The molecule has 0 fully saturated rings. The number of methoxy groups -OCH3 is 1. The largest absolute Gasteiger partial charge is 0.384 e. The van der Waals surface area contributed by atoms with Crippen LogP contribution in [0.15, 0.2) is 18.3 Å². The Morgan fingerprint density at radius 2 is 2.43 bits per heavy atom. The summed E-state index contributed by atoms with van der Waals surface area (Å²) in [5.41, 5.74) is 0.695. The molecule has 0 N–H and O–H groups in total. The van der Waals surface area contributed by atoms with Crippen LogP contribution in [-0.4, -0.2) is 28.3 Å². The Kier molecular flexibility index (Phi) is 2.65. The molecule has 0 aliphatic rings. The third kappa shape index (κ3) is 1.71. The molecular formula is C9H10ClN3O. The molecular weight excluding hydrogens is 202 g/mol. The third-order valence-electron chi connectivity index (χ3n) is 1.89. The summed E-state index contributed by atoms with van der Waals surface area (Å²) < 4.78 is 6.62. The number of nitrogens with zero attached hydrogens (tertiary/aromatic N) is 3. The second kappa shape index (κ2) is 3.94. The molecule has 0 saturated heterocycles. The van der Waals surface area contributed by atoms with Gasteiger partial charge >= 0.3 is 0 Å². The van der Waals surface area contributed by atoms with E-state index in [1.54, 1.807) is 17.7 Å². The van der Waals surface area contributed by atoms with Gasteiger partial charge in [-0.2, -0.15) is 5.10 Å². The molecule has 0 amide bonds. The smallest absolute Gasteiger partial charge is 0.174 e. The van der Waals surface area contributed by atoms with Crippen molar-refractivity contribution in [2.45, 2.75) is 6.42 Å². The van der Waals surface area contributed by atoms with Crippen molar-refractivity contribution >= 4 is 17.2 Å². The van der Waals surface area contributed by atoms with Crippen LogP contribution in [0.1, 0.15) is 5.82 Å². The van der Waals surface area contributed by atoms with E-state index in [0.29, 0.717) is 23.7 Å². The molecule has 0 atom stereocenters. The molecule has 5 heteroatoms. The Morgan fingerprint density at radius 1 is 1.57 bits per heavy atom. The number of halogens is 1. The molecule has 2 heterocycles. The molecule has 0 aliphatic carbocycles. The standard InChI is InChI=1S/C9H10ClN3O/c1-14-6-4-8-11-9-7(10)3-2-5-13(9)12-8/h2-3,5H,4,6H2,1H3. The zero-order chi connectivity index (χ0) is 9.97. The Labute approximate surface area is 86.5 Å². The summed E-state index contributed by atoms with van der Waals surface area (Å²) in [6.07, 6.45) is 2.53. The highest BCUT2D eigenvalue weighted by Gasteiger charge is 2.05. The molecule has 0 aromatic carbocycles. The van der Waals surface area contributed by atoms with Crippen molar-refractivity contribution in [1.82, 2.24) is 14.6 Å². The van der Waals surface area contributed by atoms with Crippen LogP contribution in [0.3, 0.4) is 0 Å². The van der Waals surface area contributed by atoms with Crippen LogP contribution in [0.4, 0.5) is 0 Å². The van der Waals surface area contributed by atoms with Crippen LogP contribution in [0.5, 0.6) is 0 Å². The van der Waals surface area contributed by atoms with Gasteiger partial charge in [0.05, 0.1) is 11.6 Å². The van der Waals surface area contributed by atoms with E-state index < -0.39 is 0 Å². The molecule has 4 nitrogen and oxygen atoms in total. The predicted octanol–water partition coefficient (Wildman–Crippen LogP) is 1.57. The molecule has 0 radical (unpaired) electrons. The van der Waals surface area contributed by atoms with Gasteiger partial charge in [-0.25, -0.2) is 9.50 Å². The van der Waals surface area contributed by atoms with Gasteiger partial charge < -0.3 is 4.74 Å². The lowest BCUT2D eigenvalue weighted by Crippen LogP contribution is -1.96. The summed E-state index contributed by atoms with van der Waals surface area (Å²) >= 11 is 5.95. The fourth-order valence-electron chi connectivity index (χ4n) is 1.22. The molecule has 0 saturated carbocycles. The quantitative estimate of drug-likeness (QED) is 0.774. The van der Waals surface area contributed by atoms with Crippen LogP contribution < -0.4 is 0 Å². The summed E-state index contributed by atoms with van der Waals surface area (Å²) in [6.45, 7) is 0.620. The molecule has 74 valence electrons. The fraction of sp³-hybridized carbons (Fsp3) is 0.333. The highest BCUT2D eigenvalue weighted by atomic mass is 35.5. The van der Waals surface area contributed by atoms with Crippen molar-refractivity contribution in [1.29, 1.82) is 0 Å². The molecule has 0 spiro atoms. The second-order valence-corrected chi connectivity index (χ2v) is 3.30. The van der Waals surface area contributed by atoms with Gasteiger partial charge in [-0.05, 0) is 12.1 Å². The first-order valence-electron chi connectivity index (χ1n) is 4.30. The van der Waals surface area contributed by atoms with Gasteiger partial charge in [-0.1, -0.05) is 11.6 Å². The van der Waals surface area contributed by atoms with E-state index in [1.807, 2.05) is 12.3 Å². The van der Waals surface area contributed by atoms with Crippen LogP contribution in [0, 0.1) is 0 Å². The normalized spacial score (nSPS) is 11.0. The second-order valence-electron chi connectivity index (χ2n) is 2.90. The summed E-state index contributed by atoms with van der Waals surface area (Å²) in [6, 6.07) is 3.63. The van der Waals surface area contributed by atoms with Crippen molar-refractivity contribution in [2.75, 3.05) is 13.7 Å². The Morgan fingerprint density at radius 3 is 3.14 bits per heavy atom. The lowest BCUT2D eigenvalue weighted by molar-refractivity contribution is 0.200. The minimum Gasteiger partial charge on any atom is -0.384 e. The van der Waals surface area contributed by atoms with Crippen molar-refractivity contribution in [3.8, 4) is 0 Å². The van der Waals surface area contributed by atoms with Crippen molar-refractivity contribution in [2.24, 2.45) is 0 Å². The van der Waals surface area contributed by atoms with Gasteiger partial charge in [0.2, 0.25) is 0 Å². The minimum absolute atomic E-state index is 0.615. The zero-order valence-corrected chi connectivity index (χ0v) is 8.53. The molecule has 0 unspecified atom stereocenters. The van der Waals surface area contributed by atoms with E-state index in [2.05, 4.69) is 10.1 Å². The Bertz CT molecular complexity index is 441. The first-order valence-corrected chi connectivity index (χ1v) is 4.68. The van der Waals surface area contributed by atoms with Crippen LogP contribution >= 0.6 is 11.6 Å². The average Bonchev–Trinajstić information content (AvgIpc) is 2.59. The van der Waals surface area contributed by atoms with Gasteiger partial charge in [-0.3, -0.25) is 0 Å². The molecule has 2 aromatic rings. The van der Waals surface area contributed by atoms with E-state index in [1.165, 1.54) is 0 Å². The number of ether oxygens (including phenoxy) is 1. The van der Waals surface area contributed by atoms with Crippen LogP contribution in [-0.2, 0) is 11.2 Å². The number of hydrogen-bond donors (Lipinski definition) is 0. The molecule has 2 aromatic heterocycles. The van der Waals surface area contributed by atoms with Gasteiger partial charge in [0.1, 0.15) is 0 Å². The first kappa shape index (κ1) is 9.43. The first-order chi connectivity index (χ1) is 6.81. The maximum Gasteiger partial charge on any atom is 0.174 e. The number of pyridine rings is 1. The summed E-state index contributed by atoms with van der Waals surface area (Å²) in [4.78, 5) is 4.29. The van der Waals surface area contributed by atoms with Gasteiger partial charge in [0, 0.05) is 19.7 Å². The SMILES string of the molecule is COCCc1nc2c(Cl)cccn2n1. The zero-order valence-electron chi connectivity index (χ0n) is 7.77. The predicted molar refractivity (Wildman–Crippen MR) is 53.6 cm³/mol. The van der Waals surface area contributed by atoms with E-state index in [0.717, 1.165) is 5.82 Å². The monoisotopic (exact) mass is 211 g/mol. The van der Waals surface area contributed by atoms with E-state index in [-0.39, 0.29) is 0 Å². The maximum absolute atomic E-state index is 5.95. The summed E-state index contributed by atoms with van der Waals surface area (Å²) in [5.74, 6) is 0.750. The number of hydrogen-bond acceptors (Lipinski definition) is 3. The van der Waals surface area contributed by atoms with Crippen molar-refractivity contribution in [3.05, 3.63) is 29.2 Å². The van der Waals surface area contributed by atoms with Crippen LogP contribution in [0.2, 0.25) is 5.02 Å². The van der Waals surface area contributed by atoms with Gasteiger partial charge in [0.15, 0.2) is 11.5 Å². The molecule has 14 heavy (non-hydrogen) atoms. The summed E-state index contributed by atoms with van der Waals surface area (Å²) in [5, 5.41) is 4.87. The van der Waals surface area contributed by atoms with Crippen LogP contribution in [0.25, 0.3) is 5.65 Å². The molecule has 0 aliphatic heterocycles. The molecule has 2 rings (SSSR count). The number of rotatable bonds is 3. The van der Waals surface area contributed by atoms with Crippen molar-refractivity contribution < 1.29 is 4.74 Å². The lowest BCUT2D eigenvalue weighted by atomic mass is 10.4. The third-order valence-corrected chi connectivity index (χ3v) is 2.18. The number of aromatic nitrogens is 3. The van der Waals surface area contributed by atoms with E-state index >= 15 is 0 Å². The fourth-order valence-corrected chi connectivity index (χ4v) is 1.42. The van der Waals surface area contributed by atoms with Gasteiger partial charge in [0.25, 0.3) is 0 Å². The Balaban J connectivity index is 2.36. The maximum atomic E-state index is 5.95. The molecule has 0 bridgehead atoms. The van der Waals surface area contributed by atoms with Crippen molar-refractivity contribution in [3.63, 3.8) is 0 Å². The van der Waals surface area contributed by atoms with E-state index in [9.17, 15) is 0 Å². The highest BCUT2D eigenvalue weighted by Crippen LogP contribution is 2.14. The lowest BCUT2D eigenvalue weighted by Gasteiger charge is -1.90. The van der Waals surface area contributed by atoms with E-state index in [4.69, 9.17) is 16.3 Å². The minimum atomic E-state index is 0.615. The number of fused-ring (bicyclic) bond motifs is 1. The average molecular weight is 212 g/mol. The Hall–Kier alpha value is -1.13. The van der Waals surface area contributed by atoms with Gasteiger partial charge in [-0.15, -0.1) is 0 Å². The topological polar surface area (TPSA) is 39.4 Å². The highest BCUT2D eigenvalue weighted by molar-refractivity contribution is 6.33.